The molecule has 1 unspecified atom stereocenters. The third-order valence-electron chi connectivity index (χ3n) is 4.47. The Hall–Kier alpha value is -2.76. The van der Waals surface area contributed by atoms with Crippen molar-refractivity contribution in [3.8, 4) is 16.9 Å². The van der Waals surface area contributed by atoms with E-state index in [9.17, 15) is 9.59 Å². The maximum atomic E-state index is 13.0. The highest BCUT2D eigenvalue weighted by Gasteiger charge is 2.26. The van der Waals surface area contributed by atoms with Crippen LogP contribution in [-0.2, 0) is 4.79 Å². The molecule has 1 aliphatic heterocycles. The summed E-state index contributed by atoms with van der Waals surface area (Å²) >= 11 is 0. The van der Waals surface area contributed by atoms with Crippen LogP contribution < -0.4 is 10.1 Å². The monoisotopic (exact) mass is 341 g/mol. The second-order valence-corrected chi connectivity index (χ2v) is 6.31. The summed E-state index contributed by atoms with van der Waals surface area (Å²) in [7, 11) is 1.62. The van der Waals surface area contributed by atoms with E-state index in [0.29, 0.717) is 18.7 Å². The van der Waals surface area contributed by atoms with E-state index in [2.05, 4.69) is 10.3 Å². The van der Waals surface area contributed by atoms with Crippen LogP contribution in [0.1, 0.15) is 30.1 Å². The number of nitrogens with zero attached hydrogens (tertiary/aromatic N) is 1. The Morgan fingerprint density at radius 2 is 2.16 bits per heavy atom. The van der Waals surface area contributed by atoms with Crippen molar-refractivity contribution in [3.63, 3.8) is 0 Å². The molecule has 132 valence electrons. The molecule has 1 saturated heterocycles. The molecule has 0 radical (unpaired) electrons. The Morgan fingerprint density at radius 1 is 1.32 bits per heavy atom. The van der Waals surface area contributed by atoms with Crippen molar-refractivity contribution in [2.75, 3.05) is 20.2 Å². The van der Waals surface area contributed by atoms with E-state index >= 15 is 0 Å². The fourth-order valence-electron chi connectivity index (χ4n) is 3.31. The lowest BCUT2D eigenvalue weighted by Crippen LogP contribution is -2.49. The molecule has 0 saturated carbocycles. The molecule has 1 aromatic heterocycles. The highest BCUT2D eigenvalue weighted by molar-refractivity contribution is 6.01. The molecule has 0 bridgehead atoms. The fraction of sp³-hybridized carbons (Fsp3) is 0.368. The van der Waals surface area contributed by atoms with E-state index in [1.54, 1.807) is 13.3 Å². The van der Waals surface area contributed by atoms with Crippen molar-refractivity contribution in [2.24, 2.45) is 0 Å². The number of likely N-dealkylation sites (tertiary alicyclic amines) is 1. The molecule has 2 N–H and O–H groups in total. The van der Waals surface area contributed by atoms with Gasteiger partial charge in [0, 0.05) is 44.0 Å². The Labute approximate surface area is 147 Å². The van der Waals surface area contributed by atoms with Crippen molar-refractivity contribution < 1.29 is 14.3 Å². The van der Waals surface area contributed by atoms with Gasteiger partial charge in [-0.1, -0.05) is 12.1 Å². The third kappa shape index (κ3) is 3.84. The van der Waals surface area contributed by atoms with Gasteiger partial charge in [0.1, 0.15) is 5.75 Å². The number of ether oxygens (including phenoxy) is 1. The fourth-order valence-corrected chi connectivity index (χ4v) is 3.31. The van der Waals surface area contributed by atoms with Crippen molar-refractivity contribution in [3.05, 3.63) is 42.2 Å². The second kappa shape index (κ2) is 7.42. The summed E-state index contributed by atoms with van der Waals surface area (Å²) in [4.78, 5) is 29.1. The van der Waals surface area contributed by atoms with Crippen LogP contribution in [0, 0.1) is 0 Å². The molecule has 25 heavy (non-hydrogen) atoms. The number of carbonyl (C=O) groups is 2. The molecule has 1 aliphatic rings. The molecular formula is C19H23N3O3. The van der Waals surface area contributed by atoms with Crippen LogP contribution in [0.5, 0.6) is 5.75 Å². The zero-order valence-electron chi connectivity index (χ0n) is 14.5. The summed E-state index contributed by atoms with van der Waals surface area (Å²) in [5.41, 5.74) is 2.42. The largest absolute Gasteiger partial charge is 0.497 e. The normalized spacial score (nSPS) is 17.2. The van der Waals surface area contributed by atoms with E-state index in [1.807, 2.05) is 35.4 Å². The molecule has 0 aliphatic carbocycles. The van der Waals surface area contributed by atoms with Crippen molar-refractivity contribution in [2.45, 2.75) is 25.8 Å². The lowest BCUT2D eigenvalue weighted by Gasteiger charge is -2.33. The predicted octanol–water partition coefficient (Wildman–Crippen LogP) is 2.43. The number of aromatic nitrogens is 1. The van der Waals surface area contributed by atoms with Gasteiger partial charge in [-0.25, -0.2) is 0 Å². The van der Waals surface area contributed by atoms with Crippen LogP contribution in [0.3, 0.4) is 0 Å². The molecule has 1 fully saturated rings. The quantitative estimate of drug-likeness (QED) is 0.897. The minimum atomic E-state index is -0.0574. The van der Waals surface area contributed by atoms with Crippen LogP contribution in [0.25, 0.3) is 11.1 Å². The van der Waals surface area contributed by atoms with E-state index in [0.717, 1.165) is 29.7 Å². The van der Waals surface area contributed by atoms with E-state index in [-0.39, 0.29) is 17.9 Å². The molecule has 6 heteroatoms. The van der Waals surface area contributed by atoms with Crippen LogP contribution in [0.2, 0.25) is 0 Å². The number of amides is 2. The summed E-state index contributed by atoms with van der Waals surface area (Å²) in [6.45, 7) is 2.76. The third-order valence-corrected chi connectivity index (χ3v) is 4.47. The molecular weight excluding hydrogens is 318 g/mol. The van der Waals surface area contributed by atoms with E-state index < -0.39 is 0 Å². The van der Waals surface area contributed by atoms with Crippen molar-refractivity contribution >= 4 is 11.8 Å². The van der Waals surface area contributed by atoms with Crippen molar-refractivity contribution in [1.82, 2.24) is 15.2 Å². The van der Waals surface area contributed by atoms with Crippen LogP contribution in [0.15, 0.2) is 36.7 Å². The Balaban J connectivity index is 1.81. The minimum absolute atomic E-state index is 0.0193. The summed E-state index contributed by atoms with van der Waals surface area (Å²) in [5.74, 6) is 0.674. The van der Waals surface area contributed by atoms with Gasteiger partial charge in [-0.15, -0.1) is 0 Å². The number of rotatable bonds is 4. The zero-order valence-corrected chi connectivity index (χ0v) is 14.5. The number of carbonyl (C=O) groups excluding carboxylic acids is 2. The smallest absolute Gasteiger partial charge is 0.256 e. The summed E-state index contributed by atoms with van der Waals surface area (Å²) in [6, 6.07) is 7.67. The molecule has 2 aromatic rings. The van der Waals surface area contributed by atoms with E-state index in [4.69, 9.17) is 4.74 Å². The van der Waals surface area contributed by atoms with Gasteiger partial charge in [0.2, 0.25) is 5.91 Å². The van der Waals surface area contributed by atoms with Gasteiger partial charge in [0.05, 0.1) is 12.7 Å². The summed E-state index contributed by atoms with van der Waals surface area (Å²) < 4.78 is 5.27. The highest BCUT2D eigenvalue weighted by atomic mass is 16.5. The second-order valence-electron chi connectivity index (χ2n) is 6.31. The first-order chi connectivity index (χ1) is 12.1. The predicted molar refractivity (Wildman–Crippen MR) is 95.5 cm³/mol. The Morgan fingerprint density at radius 3 is 2.92 bits per heavy atom. The summed E-state index contributed by atoms with van der Waals surface area (Å²) in [5, 5.41) is 2.92. The van der Waals surface area contributed by atoms with Crippen LogP contribution in [0.4, 0.5) is 0 Å². The topological polar surface area (TPSA) is 74.4 Å². The lowest BCUT2D eigenvalue weighted by molar-refractivity contribution is -0.120. The zero-order chi connectivity index (χ0) is 17.8. The number of benzene rings is 1. The number of hydrogen-bond acceptors (Lipinski definition) is 3. The summed E-state index contributed by atoms with van der Waals surface area (Å²) in [6.07, 6.45) is 5.35. The Kier molecular flexibility index (Phi) is 5.07. The Bertz CT molecular complexity index is 769. The molecule has 2 amide bonds. The van der Waals surface area contributed by atoms with Gasteiger partial charge >= 0.3 is 0 Å². The van der Waals surface area contributed by atoms with Crippen LogP contribution >= 0.6 is 0 Å². The van der Waals surface area contributed by atoms with Gasteiger partial charge in [0.25, 0.3) is 5.91 Å². The van der Waals surface area contributed by atoms with Gasteiger partial charge in [-0.3, -0.25) is 9.59 Å². The SMILES string of the molecule is COc1cccc(-c2c[nH]cc2C(=O)N2CCCC(NC(C)=O)C2)c1. The molecule has 3 rings (SSSR count). The standard InChI is InChI=1S/C19H23N3O3/c1-13(23)21-15-6-4-8-22(12-15)19(24)18-11-20-10-17(18)14-5-3-7-16(9-14)25-2/h3,5,7,9-11,15,20H,4,6,8,12H2,1-2H3,(H,21,23). The number of nitrogens with one attached hydrogen (secondary N) is 2. The first-order valence-corrected chi connectivity index (χ1v) is 8.46. The molecule has 0 spiro atoms. The lowest BCUT2D eigenvalue weighted by atomic mass is 10.0. The van der Waals surface area contributed by atoms with Gasteiger partial charge in [0.15, 0.2) is 0 Å². The maximum absolute atomic E-state index is 13.0. The average Bonchev–Trinajstić information content (AvgIpc) is 3.10. The number of aromatic amines is 1. The van der Waals surface area contributed by atoms with Crippen molar-refractivity contribution in [1.29, 1.82) is 0 Å². The molecule has 1 aromatic carbocycles. The minimum Gasteiger partial charge on any atom is -0.497 e. The maximum Gasteiger partial charge on any atom is 0.256 e. The van der Waals surface area contributed by atoms with Gasteiger partial charge in [-0.2, -0.15) is 0 Å². The first-order valence-electron chi connectivity index (χ1n) is 8.46. The molecule has 1 atom stereocenters. The van der Waals surface area contributed by atoms with Gasteiger partial charge in [-0.05, 0) is 30.5 Å². The van der Waals surface area contributed by atoms with Crippen LogP contribution in [-0.4, -0.2) is 47.9 Å². The van der Waals surface area contributed by atoms with E-state index in [1.165, 1.54) is 6.92 Å². The number of methoxy groups -OCH3 is 1. The average molecular weight is 341 g/mol. The first kappa shape index (κ1) is 17.1. The highest BCUT2D eigenvalue weighted by Crippen LogP contribution is 2.28. The number of hydrogen-bond donors (Lipinski definition) is 2. The molecule has 6 nitrogen and oxygen atoms in total. The number of H-pyrrole nitrogens is 1. The van der Waals surface area contributed by atoms with Gasteiger partial charge < -0.3 is 19.9 Å². The number of piperidine rings is 1. The molecule has 2 heterocycles.